The van der Waals surface area contributed by atoms with E-state index in [9.17, 15) is 9.59 Å². The van der Waals surface area contributed by atoms with Crippen molar-refractivity contribution in [2.45, 2.75) is 33.1 Å². The number of aryl methyl sites for hydroxylation is 2. The van der Waals surface area contributed by atoms with E-state index in [4.69, 9.17) is 0 Å². The Kier molecular flexibility index (Phi) is 4.47. The van der Waals surface area contributed by atoms with E-state index in [1.165, 1.54) is 11.3 Å². The first kappa shape index (κ1) is 12.4. The molecule has 1 aromatic rings. The zero-order valence-corrected chi connectivity index (χ0v) is 10.5. The number of rotatable bonds is 5. The fourth-order valence-electron chi connectivity index (χ4n) is 1.28. The summed E-state index contributed by atoms with van der Waals surface area (Å²) in [5.41, 5.74) is 0.791. The molecule has 0 saturated heterocycles. The number of hydrogen-bond acceptors (Lipinski definition) is 4. The molecule has 0 amide bonds. The highest BCUT2D eigenvalue weighted by Crippen LogP contribution is 2.20. The Morgan fingerprint density at radius 3 is 2.60 bits per heavy atom. The number of ketones is 1. The molecular weight excluding hydrogens is 230 g/mol. The molecule has 0 spiro atoms. The number of nitrogens with zero attached hydrogens (tertiary/aromatic N) is 1. The maximum atomic E-state index is 11.2. The molecule has 1 heterocycles. The second kappa shape index (κ2) is 5.42. The Balaban J connectivity index is 2.59. The first-order chi connectivity index (χ1) is 7.00. The van der Waals surface area contributed by atoms with Crippen LogP contribution in [0.15, 0.2) is 0 Å². The highest BCUT2D eigenvalue weighted by atomic mass is 32.1. The highest BCUT2D eigenvalue weighted by Gasteiger charge is 2.11. The van der Waals surface area contributed by atoms with Crippen LogP contribution in [0.4, 0.5) is 0 Å². The van der Waals surface area contributed by atoms with E-state index in [0.717, 1.165) is 28.4 Å². The molecule has 1 rings (SSSR count). The first-order valence-electron chi connectivity index (χ1n) is 4.69. The molecule has 0 bridgehead atoms. The van der Waals surface area contributed by atoms with Gasteiger partial charge in [0.1, 0.15) is 0 Å². The van der Waals surface area contributed by atoms with Crippen LogP contribution < -0.4 is 0 Å². The minimum atomic E-state index is -0.102. The van der Waals surface area contributed by atoms with Crippen LogP contribution in [0.25, 0.3) is 0 Å². The van der Waals surface area contributed by atoms with Crippen molar-refractivity contribution < 1.29 is 9.59 Å². The molecule has 0 N–H and O–H groups in total. The van der Waals surface area contributed by atoms with Gasteiger partial charge in [0.2, 0.25) is 0 Å². The van der Waals surface area contributed by atoms with Gasteiger partial charge in [-0.15, -0.1) is 24.0 Å². The molecule has 0 aromatic carbocycles. The van der Waals surface area contributed by atoms with Crippen LogP contribution in [0.2, 0.25) is 0 Å². The van der Waals surface area contributed by atoms with Crippen molar-refractivity contribution in [2.75, 3.05) is 0 Å². The molecule has 3 nitrogen and oxygen atoms in total. The Hall–Kier alpha value is -0.680. The summed E-state index contributed by atoms with van der Waals surface area (Å²) in [6.45, 7) is 3.38. The average Bonchev–Trinajstić information content (AvgIpc) is 2.46. The van der Waals surface area contributed by atoms with E-state index < -0.39 is 0 Å². The molecule has 82 valence electrons. The highest BCUT2D eigenvalue weighted by molar-refractivity contribution is 7.96. The van der Waals surface area contributed by atoms with Crippen molar-refractivity contribution in [1.29, 1.82) is 0 Å². The number of hydrogen-bond donors (Lipinski definition) is 1. The van der Waals surface area contributed by atoms with E-state index in [-0.39, 0.29) is 10.9 Å². The van der Waals surface area contributed by atoms with Gasteiger partial charge in [-0.3, -0.25) is 9.59 Å². The summed E-state index contributed by atoms with van der Waals surface area (Å²) < 4.78 is 0. The Labute approximate surface area is 98.3 Å². The zero-order valence-electron chi connectivity index (χ0n) is 8.74. The molecule has 15 heavy (non-hydrogen) atoms. The topological polar surface area (TPSA) is 47.0 Å². The van der Waals surface area contributed by atoms with Gasteiger partial charge in [-0.05, 0) is 19.8 Å². The SMILES string of the molecule is CC(=O)c1sc(CCCC(=O)S)nc1C. The molecule has 0 aliphatic carbocycles. The standard InChI is InChI=1S/C10H13NO2S2/c1-6-10(7(2)12)15-8(11-6)4-3-5-9(13)14/h3-5H2,1-2H3,(H,13,14). The van der Waals surface area contributed by atoms with Gasteiger partial charge in [-0.2, -0.15) is 0 Å². The van der Waals surface area contributed by atoms with E-state index in [1.54, 1.807) is 6.92 Å². The maximum absolute atomic E-state index is 11.2. The summed E-state index contributed by atoms with van der Waals surface area (Å²) in [6.07, 6.45) is 1.94. The van der Waals surface area contributed by atoms with Crippen molar-refractivity contribution in [3.05, 3.63) is 15.6 Å². The maximum Gasteiger partial charge on any atom is 0.185 e. The van der Waals surface area contributed by atoms with Crippen molar-refractivity contribution in [2.24, 2.45) is 0 Å². The van der Waals surface area contributed by atoms with Crippen LogP contribution in [0.5, 0.6) is 0 Å². The Morgan fingerprint density at radius 2 is 2.13 bits per heavy atom. The summed E-state index contributed by atoms with van der Waals surface area (Å²) in [4.78, 5) is 26.8. The minimum absolute atomic E-state index is 0.0570. The fourth-order valence-corrected chi connectivity index (χ4v) is 2.44. The third kappa shape index (κ3) is 3.76. The third-order valence-corrected chi connectivity index (χ3v) is 3.48. The van der Waals surface area contributed by atoms with Crippen LogP contribution in [0, 0.1) is 6.92 Å². The predicted octanol–water partition coefficient (Wildman–Crippen LogP) is 2.43. The second-order valence-electron chi connectivity index (χ2n) is 3.33. The quantitative estimate of drug-likeness (QED) is 0.638. The van der Waals surface area contributed by atoms with Crippen LogP contribution in [0.1, 0.15) is 40.1 Å². The Morgan fingerprint density at radius 1 is 1.47 bits per heavy atom. The van der Waals surface area contributed by atoms with E-state index in [0.29, 0.717) is 6.42 Å². The Bertz CT molecular complexity index is 385. The number of Topliss-reactive ketones (excluding diaryl/α,β-unsaturated/α-hetero) is 1. The molecule has 0 saturated carbocycles. The van der Waals surface area contributed by atoms with E-state index >= 15 is 0 Å². The van der Waals surface area contributed by atoms with Gasteiger partial charge in [-0.25, -0.2) is 4.98 Å². The molecule has 0 fully saturated rings. The fraction of sp³-hybridized carbons (Fsp3) is 0.500. The molecule has 0 atom stereocenters. The summed E-state index contributed by atoms with van der Waals surface area (Å²) in [5, 5.41) is 0.822. The monoisotopic (exact) mass is 243 g/mol. The van der Waals surface area contributed by atoms with Gasteiger partial charge in [0.05, 0.1) is 15.6 Å². The summed E-state index contributed by atoms with van der Waals surface area (Å²) >= 11 is 5.12. The molecule has 0 radical (unpaired) electrons. The first-order valence-corrected chi connectivity index (χ1v) is 5.96. The van der Waals surface area contributed by atoms with Crippen molar-refractivity contribution >= 4 is 34.9 Å². The van der Waals surface area contributed by atoms with Gasteiger partial charge in [0.25, 0.3) is 0 Å². The van der Waals surface area contributed by atoms with Gasteiger partial charge in [0, 0.05) is 13.3 Å². The molecule has 5 heteroatoms. The normalized spacial score (nSPS) is 10.3. The van der Waals surface area contributed by atoms with Gasteiger partial charge >= 0.3 is 0 Å². The zero-order chi connectivity index (χ0) is 11.4. The largest absolute Gasteiger partial charge is 0.294 e. The number of thiazole rings is 1. The summed E-state index contributed by atoms with van der Waals surface area (Å²) in [6, 6.07) is 0. The lowest BCUT2D eigenvalue weighted by Crippen LogP contribution is -1.90. The van der Waals surface area contributed by atoms with Crippen molar-refractivity contribution in [3.63, 3.8) is 0 Å². The number of carbonyl (C=O) groups is 2. The predicted molar refractivity (Wildman–Crippen MR) is 63.8 cm³/mol. The lowest BCUT2D eigenvalue weighted by Gasteiger charge is -1.92. The van der Waals surface area contributed by atoms with Crippen LogP contribution in [-0.4, -0.2) is 15.9 Å². The van der Waals surface area contributed by atoms with Crippen LogP contribution >= 0.6 is 24.0 Å². The molecule has 0 aliphatic heterocycles. The second-order valence-corrected chi connectivity index (χ2v) is 4.91. The lowest BCUT2D eigenvalue weighted by molar-refractivity contribution is -0.110. The number of aromatic nitrogens is 1. The van der Waals surface area contributed by atoms with E-state index in [2.05, 4.69) is 17.6 Å². The average molecular weight is 243 g/mol. The van der Waals surface area contributed by atoms with Gasteiger partial charge < -0.3 is 0 Å². The van der Waals surface area contributed by atoms with Crippen molar-refractivity contribution in [3.8, 4) is 0 Å². The molecule has 0 unspecified atom stereocenters. The third-order valence-electron chi connectivity index (χ3n) is 1.94. The van der Waals surface area contributed by atoms with Crippen LogP contribution in [-0.2, 0) is 11.2 Å². The number of thiol groups is 1. The lowest BCUT2D eigenvalue weighted by atomic mass is 10.2. The molecule has 0 aliphatic rings. The van der Waals surface area contributed by atoms with E-state index in [1.807, 2.05) is 6.92 Å². The molecule has 1 aromatic heterocycles. The summed E-state index contributed by atoms with van der Waals surface area (Å²) in [7, 11) is 0. The number of carbonyl (C=O) groups excluding carboxylic acids is 2. The van der Waals surface area contributed by atoms with Crippen LogP contribution in [0.3, 0.4) is 0 Å². The van der Waals surface area contributed by atoms with Crippen molar-refractivity contribution in [1.82, 2.24) is 4.98 Å². The molecular formula is C10H13NO2S2. The summed E-state index contributed by atoms with van der Waals surface area (Å²) in [5.74, 6) is 0.0570. The van der Waals surface area contributed by atoms with Gasteiger partial charge in [-0.1, -0.05) is 0 Å². The smallest absolute Gasteiger partial charge is 0.185 e. The van der Waals surface area contributed by atoms with Gasteiger partial charge in [0.15, 0.2) is 10.9 Å². The minimum Gasteiger partial charge on any atom is -0.294 e.